The van der Waals surface area contributed by atoms with Crippen molar-refractivity contribution < 1.29 is 0 Å². The predicted octanol–water partition coefficient (Wildman–Crippen LogP) is 3.11. The minimum absolute atomic E-state index is 0.753. The molecule has 2 nitrogen and oxygen atoms in total. The minimum atomic E-state index is 0.753. The molecule has 0 saturated heterocycles. The maximum atomic E-state index is 5.87. The maximum absolute atomic E-state index is 5.87. The number of hydrogen-bond donors (Lipinski definition) is 0. The van der Waals surface area contributed by atoms with Crippen LogP contribution in [0.3, 0.4) is 0 Å². The summed E-state index contributed by atoms with van der Waals surface area (Å²) >= 11 is 5.87. The van der Waals surface area contributed by atoms with E-state index < -0.39 is 0 Å². The Morgan fingerprint density at radius 1 is 1.14 bits per heavy atom. The van der Waals surface area contributed by atoms with Gasteiger partial charge in [0.15, 0.2) is 0 Å². The molecule has 0 fully saturated rings. The van der Waals surface area contributed by atoms with E-state index in [1.807, 2.05) is 25.1 Å². The second kappa shape index (κ2) is 3.76. The van der Waals surface area contributed by atoms with E-state index in [-0.39, 0.29) is 0 Å². The zero-order valence-corrected chi connectivity index (χ0v) is 8.49. The van der Waals surface area contributed by atoms with Gasteiger partial charge >= 0.3 is 0 Å². The molecule has 1 aromatic heterocycles. The predicted molar refractivity (Wildman–Crippen MR) is 57.2 cm³/mol. The second-order valence-corrected chi connectivity index (χ2v) is 3.52. The van der Waals surface area contributed by atoms with Gasteiger partial charge in [-0.2, -0.15) is 0 Å². The van der Waals surface area contributed by atoms with Gasteiger partial charge in [0.2, 0.25) is 0 Å². The summed E-state index contributed by atoms with van der Waals surface area (Å²) in [5.74, 6) is 0. The van der Waals surface area contributed by atoms with Crippen molar-refractivity contribution in [3.05, 3.63) is 47.5 Å². The van der Waals surface area contributed by atoms with Gasteiger partial charge in [-0.1, -0.05) is 17.7 Å². The van der Waals surface area contributed by atoms with Crippen LogP contribution in [0.25, 0.3) is 11.1 Å². The zero-order valence-electron chi connectivity index (χ0n) is 7.74. The van der Waals surface area contributed by atoms with E-state index in [1.54, 1.807) is 12.4 Å². The highest BCUT2D eigenvalue weighted by Crippen LogP contribution is 2.24. The monoisotopic (exact) mass is 204 g/mol. The lowest BCUT2D eigenvalue weighted by molar-refractivity contribution is 1.17. The van der Waals surface area contributed by atoms with E-state index in [9.17, 15) is 0 Å². The lowest BCUT2D eigenvalue weighted by Crippen LogP contribution is -1.85. The number of halogens is 1. The van der Waals surface area contributed by atoms with Crippen LogP contribution < -0.4 is 0 Å². The summed E-state index contributed by atoms with van der Waals surface area (Å²) in [4.78, 5) is 7.96. The first-order valence-electron chi connectivity index (χ1n) is 4.29. The fraction of sp³-hybridized carbons (Fsp3) is 0.0909. The van der Waals surface area contributed by atoms with Crippen molar-refractivity contribution in [2.75, 3.05) is 0 Å². The molecular formula is C11H9ClN2. The van der Waals surface area contributed by atoms with Crippen LogP contribution in [-0.2, 0) is 0 Å². The van der Waals surface area contributed by atoms with Gasteiger partial charge < -0.3 is 0 Å². The van der Waals surface area contributed by atoms with Crippen LogP contribution in [-0.4, -0.2) is 9.97 Å². The molecule has 0 saturated carbocycles. The molecule has 70 valence electrons. The Morgan fingerprint density at radius 3 is 2.50 bits per heavy atom. The highest BCUT2D eigenvalue weighted by Gasteiger charge is 2.01. The molecule has 0 aliphatic rings. The number of hydrogen-bond acceptors (Lipinski definition) is 2. The Morgan fingerprint density at radius 2 is 1.86 bits per heavy atom. The molecule has 1 heterocycles. The van der Waals surface area contributed by atoms with Gasteiger partial charge in [-0.05, 0) is 30.2 Å². The van der Waals surface area contributed by atoms with Crippen molar-refractivity contribution in [1.82, 2.24) is 9.97 Å². The van der Waals surface area contributed by atoms with Crippen LogP contribution in [0, 0.1) is 6.92 Å². The average Bonchev–Trinajstić information content (AvgIpc) is 2.19. The molecule has 0 bridgehead atoms. The van der Waals surface area contributed by atoms with Crippen molar-refractivity contribution in [3.8, 4) is 11.1 Å². The van der Waals surface area contributed by atoms with Crippen LogP contribution in [0.5, 0.6) is 0 Å². The van der Waals surface area contributed by atoms with Crippen molar-refractivity contribution in [3.63, 3.8) is 0 Å². The molecule has 0 N–H and O–H groups in total. The van der Waals surface area contributed by atoms with Crippen molar-refractivity contribution in [2.45, 2.75) is 6.92 Å². The van der Waals surface area contributed by atoms with Gasteiger partial charge in [0.05, 0.1) is 0 Å². The van der Waals surface area contributed by atoms with Gasteiger partial charge in [-0.25, -0.2) is 9.97 Å². The van der Waals surface area contributed by atoms with E-state index in [4.69, 9.17) is 11.6 Å². The summed E-state index contributed by atoms with van der Waals surface area (Å²) in [6.45, 7) is 2.02. The first-order chi connectivity index (χ1) is 6.77. The van der Waals surface area contributed by atoms with E-state index in [1.165, 1.54) is 6.33 Å². The molecule has 1 aromatic carbocycles. The normalized spacial score (nSPS) is 10.1. The number of aryl methyl sites for hydroxylation is 1. The molecule has 0 aliphatic heterocycles. The third-order valence-electron chi connectivity index (χ3n) is 2.06. The summed E-state index contributed by atoms with van der Waals surface area (Å²) in [5, 5.41) is 0.753. The van der Waals surface area contributed by atoms with Gasteiger partial charge in [0, 0.05) is 23.0 Å². The number of rotatable bonds is 1. The SMILES string of the molecule is Cc1cc(Cl)ccc1-c1cncnc1. The molecule has 0 aliphatic carbocycles. The fourth-order valence-corrected chi connectivity index (χ4v) is 1.62. The standard InChI is InChI=1S/C11H9ClN2/c1-8-4-10(12)2-3-11(8)9-5-13-7-14-6-9/h2-7H,1H3. The van der Waals surface area contributed by atoms with Gasteiger partial charge in [-0.3, -0.25) is 0 Å². The minimum Gasteiger partial charge on any atom is -0.244 e. The first kappa shape index (κ1) is 9.16. The molecule has 14 heavy (non-hydrogen) atoms. The van der Waals surface area contributed by atoms with Gasteiger partial charge in [0.25, 0.3) is 0 Å². The van der Waals surface area contributed by atoms with Crippen LogP contribution in [0.2, 0.25) is 5.02 Å². The molecule has 0 atom stereocenters. The van der Waals surface area contributed by atoms with E-state index in [0.717, 1.165) is 21.7 Å². The van der Waals surface area contributed by atoms with Crippen LogP contribution in [0.1, 0.15) is 5.56 Å². The van der Waals surface area contributed by atoms with Gasteiger partial charge in [0.1, 0.15) is 6.33 Å². The molecule has 0 radical (unpaired) electrons. The summed E-state index contributed by atoms with van der Waals surface area (Å²) in [6, 6.07) is 5.79. The second-order valence-electron chi connectivity index (χ2n) is 3.09. The Labute approximate surface area is 87.6 Å². The molecule has 3 heteroatoms. The Hall–Kier alpha value is -1.41. The maximum Gasteiger partial charge on any atom is 0.115 e. The lowest BCUT2D eigenvalue weighted by atomic mass is 10.0. The molecular weight excluding hydrogens is 196 g/mol. The Kier molecular flexibility index (Phi) is 2.46. The fourth-order valence-electron chi connectivity index (χ4n) is 1.39. The van der Waals surface area contributed by atoms with E-state index in [0.29, 0.717) is 0 Å². The smallest absolute Gasteiger partial charge is 0.115 e. The molecule has 2 rings (SSSR count). The highest BCUT2D eigenvalue weighted by molar-refractivity contribution is 6.30. The van der Waals surface area contributed by atoms with Crippen molar-refractivity contribution >= 4 is 11.6 Å². The Balaban J connectivity index is 2.53. The summed E-state index contributed by atoms with van der Waals surface area (Å²) in [6.07, 6.45) is 5.11. The zero-order chi connectivity index (χ0) is 9.97. The summed E-state index contributed by atoms with van der Waals surface area (Å²) in [5.41, 5.74) is 3.27. The third kappa shape index (κ3) is 1.75. The lowest BCUT2D eigenvalue weighted by Gasteiger charge is -2.04. The first-order valence-corrected chi connectivity index (χ1v) is 4.67. The number of benzene rings is 1. The average molecular weight is 205 g/mol. The summed E-state index contributed by atoms with van der Waals surface area (Å²) < 4.78 is 0. The quantitative estimate of drug-likeness (QED) is 0.714. The topological polar surface area (TPSA) is 25.8 Å². The number of nitrogens with zero attached hydrogens (tertiary/aromatic N) is 2. The van der Waals surface area contributed by atoms with Crippen LogP contribution in [0.15, 0.2) is 36.9 Å². The number of aromatic nitrogens is 2. The van der Waals surface area contributed by atoms with Gasteiger partial charge in [-0.15, -0.1) is 0 Å². The van der Waals surface area contributed by atoms with Crippen LogP contribution in [0.4, 0.5) is 0 Å². The van der Waals surface area contributed by atoms with E-state index in [2.05, 4.69) is 9.97 Å². The molecule has 0 spiro atoms. The van der Waals surface area contributed by atoms with Crippen molar-refractivity contribution in [2.24, 2.45) is 0 Å². The molecule has 2 aromatic rings. The van der Waals surface area contributed by atoms with E-state index >= 15 is 0 Å². The van der Waals surface area contributed by atoms with Crippen molar-refractivity contribution in [1.29, 1.82) is 0 Å². The third-order valence-corrected chi connectivity index (χ3v) is 2.30. The molecule has 0 amide bonds. The Bertz CT molecular complexity index is 440. The molecule has 0 unspecified atom stereocenters. The summed E-state index contributed by atoms with van der Waals surface area (Å²) in [7, 11) is 0. The highest BCUT2D eigenvalue weighted by atomic mass is 35.5. The van der Waals surface area contributed by atoms with Crippen LogP contribution >= 0.6 is 11.6 Å². The largest absolute Gasteiger partial charge is 0.244 e.